The maximum atomic E-state index is 5.29. The molecule has 0 radical (unpaired) electrons. The molecule has 0 amide bonds. The van der Waals surface area contributed by atoms with E-state index in [4.69, 9.17) is 15.0 Å². The Morgan fingerprint density at radius 3 is 1.70 bits per heavy atom. The summed E-state index contributed by atoms with van der Waals surface area (Å²) in [5.41, 5.74) is 18.0. The van der Waals surface area contributed by atoms with Gasteiger partial charge in [0, 0.05) is 40.4 Å². The average molecular weight is 717 g/mol. The number of aliphatic imine (C=N–C) groups is 1. The van der Waals surface area contributed by atoms with E-state index in [-0.39, 0.29) is 0 Å². The molecule has 3 aromatic heterocycles. The zero-order chi connectivity index (χ0) is 37.3. The fourth-order valence-electron chi connectivity index (χ4n) is 7.69. The molecular formula is C52H36N4. The predicted molar refractivity (Wildman–Crippen MR) is 232 cm³/mol. The second kappa shape index (κ2) is 14.4. The second-order valence-electron chi connectivity index (χ2n) is 14.1. The lowest BCUT2D eigenvalue weighted by molar-refractivity contribution is 1.19. The smallest absolute Gasteiger partial charge is 0.137 e. The Labute approximate surface area is 326 Å². The standard InChI is InChI=1S/C52H36N4/c1-4-15-37(16-5-1)44-34-47(39-23-27-41(28-24-39)50-46(38-17-6-2-7-18-38)33-36-14-10-11-21-45(32-36)53-50)54-48(35-44)40-25-29-42(30-26-40)51-52(43-19-8-3-9-20-43)56-31-13-12-22-49(56)55-51/h1-32,34-35H,33H2. The fourth-order valence-corrected chi connectivity index (χ4v) is 7.69. The minimum absolute atomic E-state index is 0.805. The molecule has 0 N–H and O–H groups in total. The van der Waals surface area contributed by atoms with Gasteiger partial charge in [-0.15, -0.1) is 0 Å². The van der Waals surface area contributed by atoms with Crippen LogP contribution in [0.25, 0.3) is 73.1 Å². The third-order valence-corrected chi connectivity index (χ3v) is 10.5. The Morgan fingerprint density at radius 1 is 0.446 bits per heavy atom. The fraction of sp³-hybridized carbons (Fsp3) is 0.0192. The van der Waals surface area contributed by atoms with E-state index in [1.165, 1.54) is 16.7 Å². The molecule has 8 aromatic rings. The van der Waals surface area contributed by atoms with Crippen molar-refractivity contribution < 1.29 is 0 Å². The summed E-state index contributed by atoms with van der Waals surface area (Å²) in [6, 6.07) is 59.6. The Balaban J connectivity index is 1.04. The zero-order valence-corrected chi connectivity index (χ0v) is 30.6. The van der Waals surface area contributed by atoms with Gasteiger partial charge in [-0.3, -0.25) is 4.40 Å². The van der Waals surface area contributed by atoms with Gasteiger partial charge in [0.05, 0.1) is 34.2 Å². The van der Waals surface area contributed by atoms with E-state index < -0.39 is 0 Å². The van der Waals surface area contributed by atoms with Gasteiger partial charge in [-0.1, -0.05) is 164 Å². The van der Waals surface area contributed by atoms with Crippen molar-refractivity contribution in [2.45, 2.75) is 6.42 Å². The maximum Gasteiger partial charge on any atom is 0.137 e. The van der Waals surface area contributed by atoms with Gasteiger partial charge in [0.2, 0.25) is 0 Å². The van der Waals surface area contributed by atoms with Crippen LogP contribution in [-0.4, -0.2) is 20.1 Å². The van der Waals surface area contributed by atoms with Gasteiger partial charge in [0.1, 0.15) is 5.65 Å². The van der Waals surface area contributed by atoms with E-state index in [0.29, 0.717) is 0 Å². The van der Waals surface area contributed by atoms with Gasteiger partial charge in [-0.05, 0) is 64.3 Å². The minimum atomic E-state index is 0.805. The molecule has 10 rings (SSSR count). The van der Waals surface area contributed by atoms with Crippen LogP contribution in [0.3, 0.4) is 0 Å². The van der Waals surface area contributed by atoms with Crippen molar-refractivity contribution in [1.29, 1.82) is 0 Å². The van der Waals surface area contributed by atoms with Crippen molar-refractivity contribution >= 4 is 22.6 Å². The molecule has 0 saturated heterocycles. The van der Waals surface area contributed by atoms with Crippen molar-refractivity contribution in [1.82, 2.24) is 14.4 Å². The van der Waals surface area contributed by atoms with Gasteiger partial charge in [-0.25, -0.2) is 15.0 Å². The molecule has 2 bridgehead atoms. The molecule has 0 saturated carbocycles. The van der Waals surface area contributed by atoms with E-state index in [1.54, 1.807) is 0 Å². The molecule has 1 aliphatic carbocycles. The minimum Gasteiger partial charge on any atom is -0.299 e. The molecule has 0 fully saturated rings. The monoisotopic (exact) mass is 716 g/mol. The first-order chi connectivity index (χ1) is 27.7. The summed E-state index contributed by atoms with van der Waals surface area (Å²) in [6.45, 7) is 0. The summed E-state index contributed by atoms with van der Waals surface area (Å²) in [6.07, 6.45) is 13.5. The first kappa shape index (κ1) is 33.2. The third-order valence-electron chi connectivity index (χ3n) is 10.5. The van der Waals surface area contributed by atoms with Crippen molar-refractivity contribution in [3.8, 4) is 56.2 Å². The lowest BCUT2D eigenvalue weighted by atomic mass is 9.93. The molecule has 264 valence electrons. The van der Waals surface area contributed by atoms with E-state index in [9.17, 15) is 0 Å². The highest BCUT2D eigenvalue weighted by Gasteiger charge is 2.19. The highest BCUT2D eigenvalue weighted by Crippen LogP contribution is 2.38. The number of fused-ring (bicyclic) bond motifs is 2. The quantitative estimate of drug-likeness (QED) is 0.165. The molecule has 5 aromatic carbocycles. The Hall–Kier alpha value is -7.43. The van der Waals surface area contributed by atoms with E-state index in [1.807, 2.05) is 18.2 Å². The van der Waals surface area contributed by atoms with Crippen LogP contribution in [0.15, 0.2) is 217 Å². The summed E-state index contributed by atoms with van der Waals surface area (Å²) >= 11 is 0. The second-order valence-corrected chi connectivity index (χ2v) is 14.1. The summed E-state index contributed by atoms with van der Waals surface area (Å²) in [5.74, 6) is 0. The highest BCUT2D eigenvalue weighted by molar-refractivity contribution is 6.11. The van der Waals surface area contributed by atoms with Gasteiger partial charge in [0.25, 0.3) is 0 Å². The molecule has 1 aliphatic heterocycles. The van der Waals surface area contributed by atoms with E-state index in [2.05, 4.69) is 193 Å². The topological polar surface area (TPSA) is 42.5 Å². The van der Waals surface area contributed by atoms with Crippen molar-refractivity contribution in [2.24, 2.45) is 4.99 Å². The van der Waals surface area contributed by atoms with Crippen LogP contribution < -0.4 is 0 Å². The first-order valence-electron chi connectivity index (χ1n) is 19.0. The van der Waals surface area contributed by atoms with Crippen LogP contribution in [0.5, 0.6) is 0 Å². The molecular weight excluding hydrogens is 681 g/mol. The number of nitrogens with zero attached hydrogens (tertiary/aromatic N) is 4. The lowest BCUT2D eigenvalue weighted by Gasteiger charge is -2.14. The van der Waals surface area contributed by atoms with Crippen molar-refractivity contribution in [2.75, 3.05) is 0 Å². The summed E-state index contributed by atoms with van der Waals surface area (Å²) in [5, 5.41) is 0. The number of aromatic nitrogens is 3. The summed E-state index contributed by atoms with van der Waals surface area (Å²) in [4.78, 5) is 15.6. The van der Waals surface area contributed by atoms with Gasteiger partial charge < -0.3 is 0 Å². The number of benzene rings is 5. The van der Waals surface area contributed by atoms with Crippen LogP contribution in [0.2, 0.25) is 0 Å². The van der Waals surface area contributed by atoms with Crippen LogP contribution in [-0.2, 0) is 0 Å². The number of hydrogen-bond donors (Lipinski definition) is 0. The normalized spacial score (nSPS) is 13.6. The van der Waals surface area contributed by atoms with Gasteiger partial charge in [-0.2, -0.15) is 0 Å². The van der Waals surface area contributed by atoms with Crippen LogP contribution in [0.1, 0.15) is 17.5 Å². The average Bonchev–Trinajstić information content (AvgIpc) is 3.38. The van der Waals surface area contributed by atoms with E-state index >= 15 is 0 Å². The SMILES string of the molecule is C1=CC2=CC(=NC(c3ccc(-c4cc(-c5ccccc5)cc(-c5ccc(-c6nc7ccccn7c6-c6ccccc6)cc5)n4)cc3)=C(c3ccccc3)C2)C=C1. The Kier molecular flexibility index (Phi) is 8.54. The van der Waals surface area contributed by atoms with Crippen molar-refractivity contribution in [3.05, 3.63) is 223 Å². The molecule has 4 nitrogen and oxygen atoms in total. The first-order valence-corrected chi connectivity index (χ1v) is 19.0. The third kappa shape index (κ3) is 6.44. The number of rotatable bonds is 7. The number of pyridine rings is 2. The van der Waals surface area contributed by atoms with Crippen molar-refractivity contribution in [3.63, 3.8) is 0 Å². The maximum absolute atomic E-state index is 5.29. The Morgan fingerprint density at radius 2 is 1.02 bits per heavy atom. The largest absolute Gasteiger partial charge is 0.299 e. The molecule has 4 heterocycles. The van der Waals surface area contributed by atoms with Gasteiger partial charge in [0.15, 0.2) is 0 Å². The molecule has 0 spiro atoms. The predicted octanol–water partition coefficient (Wildman–Crippen LogP) is 12.8. The Bertz CT molecular complexity index is 2870. The van der Waals surface area contributed by atoms with Crippen LogP contribution in [0.4, 0.5) is 0 Å². The summed E-state index contributed by atoms with van der Waals surface area (Å²) < 4.78 is 2.17. The highest BCUT2D eigenvalue weighted by atomic mass is 15.0. The number of allylic oxidation sites excluding steroid dienone is 7. The zero-order valence-electron chi connectivity index (χ0n) is 30.6. The molecule has 56 heavy (non-hydrogen) atoms. The van der Waals surface area contributed by atoms with Crippen LogP contribution >= 0.6 is 0 Å². The van der Waals surface area contributed by atoms with Crippen LogP contribution in [0, 0.1) is 0 Å². The molecule has 0 atom stereocenters. The molecule has 4 heteroatoms. The van der Waals surface area contributed by atoms with Gasteiger partial charge >= 0.3 is 0 Å². The number of imidazole rings is 1. The summed E-state index contributed by atoms with van der Waals surface area (Å²) in [7, 11) is 0. The number of hydrogen-bond acceptors (Lipinski definition) is 3. The molecule has 0 unspecified atom stereocenters. The van der Waals surface area contributed by atoms with E-state index in [0.717, 1.165) is 85.2 Å². The molecule has 2 aliphatic rings. The lowest BCUT2D eigenvalue weighted by Crippen LogP contribution is -1.94.